The first-order valence-electron chi connectivity index (χ1n) is 7.93. The second-order valence-corrected chi connectivity index (χ2v) is 5.90. The molecule has 1 N–H and O–H groups in total. The van der Waals surface area contributed by atoms with Crippen LogP contribution in [0.25, 0.3) is 10.9 Å². The highest BCUT2D eigenvalue weighted by atomic mass is 16.5. The highest BCUT2D eigenvalue weighted by Crippen LogP contribution is 2.30. The largest absolute Gasteiger partial charge is 0.474 e. The van der Waals surface area contributed by atoms with E-state index in [9.17, 15) is 0 Å². The fourth-order valence-electron chi connectivity index (χ4n) is 2.88. The van der Waals surface area contributed by atoms with Crippen molar-refractivity contribution in [1.82, 2.24) is 9.97 Å². The Hall–Kier alpha value is -1.84. The predicted molar refractivity (Wildman–Crippen MR) is 85.7 cm³/mol. The van der Waals surface area contributed by atoms with Crippen molar-refractivity contribution in [2.75, 3.05) is 11.9 Å². The van der Waals surface area contributed by atoms with Gasteiger partial charge >= 0.3 is 0 Å². The molecule has 0 saturated heterocycles. The summed E-state index contributed by atoms with van der Waals surface area (Å²) in [5.41, 5.74) is 0.933. The minimum Gasteiger partial charge on any atom is -0.474 e. The molecular weight excluding hydrogens is 262 g/mol. The maximum Gasteiger partial charge on any atom is 0.226 e. The molecule has 1 aromatic carbocycles. The van der Waals surface area contributed by atoms with Crippen molar-refractivity contribution in [1.29, 1.82) is 0 Å². The number of rotatable bonds is 4. The van der Waals surface area contributed by atoms with Gasteiger partial charge in [0.1, 0.15) is 6.10 Å². The molecule has 0 radical (unpaired) electrons. The lowest BCUT2D eigenvalue weighted by Crippen LogP contribution is -2.23. The summed E-state index contributed by atoms with van der Waals surface area (Å²) in [6.07, 6.45) is 5.02. The van der Waals surface area contributed by atoms with Gasteiger partial charge in [-0.25, -0.2) is 4.98 Å². The van der Waals surface area contributed by atoms with E-state index in [1.807, 2.05) is 31.2 Å². The molecule has 1 aliphatic rings. The molecule has 0 atom stereocenters. The van der Waals surface area contributed by atoms with E-state index in [1.165, 1.54) is 12.8 Å². The molecule has 1 aliphatic carbocycles. The first-order valence-corrected chi connectivity index (χ1v) is 7.93. The number of ether oxygens (including phenoxy) is 1. The Morgan fingerprint density at radius 2 is 1.90 bits per heavy atom. The zero-order chi connectivity index (χ0) is 14.7. The lowest BCUT2D eigenvalue weighted by Gasteiger charge is -2.26. The van der Waals surface area contributed by atoms with Crippen LogP contribution < -0.4 is 10.1 Å². The van der Waals surface area contributed by atoms with Crippen molar-refractivity contribution < 1.29 is 4.74 Å². The maximum absolute atomic E-state index is 6.21. The summed E-state index contributed by atoms with van der Waals surface area (Å²) in [4.78, 5) is 9.09. The van der Waals surface area contributed by atoms with Crippen molar-refractivity contribution in [2.45, 2.75) is 45.6 Å². The maximum atomic E-state index is 6.21. The van der Waals surface area contributed by atoms with E-state index in [0.29, 0.717) is 5.95 Å². The number of hydrogen-bond donors (Lipinski definition) is 1. The van der Waals surface area contributed by atoms with Crippen molar-refractivity contribution in [2.24, 2.45) is 5.92 Å². The van der Waals surface area contributed by atoms with Crippen LogP contribution in [0.15, 0.2) is 24.3 Å². The standard InChI is InChI=1S/C17H23N3O/c1-3-18-17-19-15-7-5-4-6-14(15)16(20-17)21-13-10-8-12(2)9-11-13/h4-7,12-13H,3,8-11H2,1-2H3,(H,18,19,20). The van der Waals surface area contributed by atoms with Gasteiger partial charge in [0.2, 0.25) is 11.8 Å². The highest BCUT2D eigenvalue weighted by molar-refractivity contribution is 5.84. The molecule has 2 aromatic rings. The first-order chi connectivity index (χ1) is 10.3. The van der Waals surface area contributed by atoms with Gasteiger partial charge in [0, 0.05) is 6.54 Å². The smallest absolute Gasteiger partial charge is 0.226 e. The van der Waals surface area contributed by atoms with Gasteiger partial charge < -0.3 is 10.1 Å². The van der Waals surface area contributed by atoms with Gasteiger partial charge in [-0.2, -0.15) is 4.98 Å². The molecule has 3 rings (SSSR count). The molecule has 1 aromatic heterocycles. The fraction of sp³-hybridized carbons (Fsp3) is 0.529. The number of aromatic nitrogens is 2. The molecular formula is C17H23N3O. The second kappa shape index (κ2) is 6.29. The Balaban J connectivity index is 1.88. The van der Waals surface area contributed by atoms with E-state index in [1.54, 1.807) is 0 Å². The molecule has 21 heavy (non-hydrogen) atoms. The summed E-state index contributed by atoms with van der Waals surface area (Å²) in [7, 11) is 0. The van der Waals surface area contributed by atoms with Crippen LogP contribution in [0.1, 0.15) is 39.5 Å². The summed E-state index contributed by atoms with van der Waals surface area (Å²) in [6, 6.07) is 8.05. The van der Waals surface area contributed by atoms with E-state index < -0.39 is 0 Å². The number of hydrogen-bond acceptors (Lipinski definition) is 4. The van der Waals surface area contributed by atoms with Gasteiger partial charge in [-0.05, 0) is 50.7 Å². The molecule has 0 aliphatic heterocycles. The predicted octanol–water partition coefficient (Wildman–Crippen LogP) is 4.02. The summed E-state index contributed by atoms with van der Waals surface area (Å²) in [5.74, 6) is 2.19. The highest BCUT2D eigenvalue weighted by Gasteiger charge is 2.21. The number of para-hydroxylation sites is 1. The van der Waals surface area contributed by atoms with E-state index >= 15 is 0 Å². The average molecular weight is 285 g/mol. The molecule has 1 fully saturated rings. The van der Waals surface area contributed by atoms with Crippen LogP contribution in [0.3, 0.4) is 0 Å². The van der Waals surface area contributed by atoms with Crippen molar-refractivity contribution >= 4 is 16.9 Å². The van der Waals surface area contributed by atoms with Crippen LogP contribution in [0.2, 0.25) is 0 Å². The summed E-state index contributed by atoms with van der Waals surface area (Å²) >= 11 is 0. The van der Waals surface area contributed by atoms with E-state index in [2.05, 4.69) is 22.2 Å². The molecule has 1 heterocycles. The summed E-state index contributed by atoms with van der Waals surface area (Å²) < 4.78 is 6.21. The topological polar surface area (TPSA) is 47.0 Å². The van der Waals surface area contributed by atoms with Crippen LogP contribution in [0.5, 0.6) is 5.88 Å². The van der Waals surface area contributed by atoms with Crippen molar-refractivity contribution in [3.63, 3.8) is 0 Å². The molecule has 112 valence electrons. The molecule has 0 bridgehead atoms. The Kier molecular flexibility index (Phi) is 4.23. The van der Waals surface area contributed by atoms with Crippen LogP contribution in [0.4, 0.5) is 5.95 Å². The van der Waals surface area contributed by atoms with Crippen molar-refractivity contribution in [3.05, 3.63) is 24.3 Å². The Labute approximate surface area is 125 Å². The molecule has 1 saturated carbocycles. The fourth-order valence-corrected chi connectivity index (χ4v) is 2.88. The number of nitrogens with one attached hydrogen (secondary N) is 1. The molecule has 0 spiro atoms. The van der Waals surface area contributed by atoms with Gasteiger partial charge in [-0.3, -0.25) is 0 Å². The van der Waals surface area contributed by atoms with Gasteiger partial charge in [0.15, 0.2) is 0 Å². The van der Waals surface area contributed by atoms with Gasteiger partial charge in [0.25, 0.3) is 0 Å². The molecule has 4 heteroatoms. The first kappa shape index (κ1) is 14.1. The zero-order valence-corrected chi connectivity index (χ0v) is 12.8. The summed E-state index contributed by atoms with van der Waals surface area (Å²) in [5, 5.41) is 4.18. The quantitative estimate of drug-likeness (QED) is 0.921. The lowest BCUT2D eigenvalue weighted by atomic mass is 9.89. The van der Waals surface area contributed by atoms with Crippen LogP contribution >= 0.6 is 0 Å². The number of nitrogens with zero attached hydrogens (tertiary/aromatic N) is 2. The van der Waals surface area contributed by atoms with Crippen LogP contribution in [-0.4, -0.2) is 22.6 Å². The number of fused-ring (bicyclic) bond motifs is 1. The van der Waals surface area contributed by atoms with Crippen LogP contribution in [0, 0.1) is 5.92 Å². The van der Waals surface area contributed by atoms with Crippen LogP contribution in [-0.2, 0) is 0 Å². The third-order valence-corrected chi connectivity index (χ3v) is 4.14. The van der Waals surface area contributed by atoms with E-state index in [0.717, 1.165) is 42.1 Å². The number of anilines is 1. The molecule has 0 amide bonds. The minimum atomic E-state index is 0.286. The molecule has 0 unspecified atom stereocenters. The average Bonchev–Trinajstić information content (AvgIpc) is 2.50. The van der Waals surface area contributed by atoms with E-state index in [4.69, 9.17) is 4.74 Å². The Bertz CT molecular complexity index is 606. The summed E-state index contributed by atoms with van der Waals surface area (Å²) in [6.45, 7) is 5.17. The monoisotopic (exact) mass is 285 g/mol. The van der Waals surface area contributed by atoms with Crippen molar-refractivity contribution in [3.8, 4) is 5.88 Å². The zero-order valence-electron chi connectivity index (χ0n) is 12.8. The third-order valence-electron chi connectivity index (χ3n) is 4.14. The van der Waals surface area contributed by atoms with Gasteiger partial charge in [-0.15, -0.1) is 0 Å². The Morgan fingerprint density at radius 3 is 2.67 bits per heavy atom. The van der Waals surface area contributed by atoms with E-state index in [-0.39, 0.29) is 6.10 Å². The normalized spacial score (nSPS) is 22.2. The second-order valence-electron chi connectivity index (χ2n) is 5.90. The lowest BCUT2D eigenvalue weighted by molar-refractivity contribution is 0.132. The van der Waals surface area contributed by atoms with Gasteiger partial charge in [0.05, 0.1) is 10.9 Å². The number of benzene rings is 1. The third kappa shape index (κ3) is 3.26. The molecule has 4 nitrogen and oxygen atoms in total. The SMILES string of the molecule is CCNc1nc(OC2CCC(C)CC2)c2ccccc2n1. The minimum absolute atomic E-state index is 0.286. The van der Waals surface area contributed by atoms with Gasteiger partial charge in [-0.1, -0.05) is 19.1 Å². The Morgan fingerprint density at radius 1 is 1.14 bits per heavy atom.